The first kappa shape index (κ1) is 14.5. The van der Waals surface area contributed by atoms with Gasteiger partial charge in [-0.1, -0.05) is 0 Å². The maximum absolute atomic E-state index is 11.1. The Hall–Kier alpha value is -2.90. The van der Waals surface area contributed by atoms with Crippen LogP contribution in [-0.2, 0) is 6.54 Å². The van der Waals surface area contributed by atoms with Crippen LogP contribution in [-0.4, -0.2) is 25.8 Å². The maximum atomic E-state index is 11.1. The molecule has 0 aliphatic carbocycles. The van der Waals surface area contributed by atoms with Gasteiger partial charge in [0, 0.05) is 12.2 Å². The van der Waals surface area contributed by atoms with Gasteiger partial charge >= 0.3 is 11.7 Å². The first-order valence-electron chi connectivity index (χ1n) is 6.26. The summed E-state index contributed by atoms with van der Waals surface area (Å²) in [4.78, 5) is 21.5. The second-order valence-corrected chi connectivity index (χ2v) is 4.36. The zero-order chi connectivity index (χ0) is 15.6. The number of carbonyl (C=O) groups is 1. The van der Waals surface area contributed by atoms with Gasteiger partial charge in [-0.2, -0.15) is 5.10 Å². The Morgan fingerprint density at radius 1 is 1.43 bits per heavy atom. The first-order chi connectivity index (χ1) is 9.93. The highest BCUT2D eigenvalue weighted by Crippen LogP contribution is 2.30. The van der Waals surface area contributed by atoms with Crippen molar-refractivity contribution in [2.24, 2.45) is 0 Å². The van der Waals surface area contributed by atoms with Crippen LogP contribution in [0.3, 0.4) is 0 Å². The zero-order valence-corrected chi connectivity index (χ0v) is 11.5. The van der Waals surface area contributed by atoms with Crippen LogP contribution in [0.15, 0.2) is 24.3 Å². The Morgan fingerprint density at radius 3 is 2.52 bits per heavy atom. The third-order valence-corrected chi connectivity index (χ3v) is 2.97. The van der Waals surface area contributed by atoms with Gasteiger partial charge < -0.3 is 10.4 Å². The van der Waals surface area contributed by atoms with Gasteiger partial charge in [0.05, 0.1) is 10.5 Å². The second-order valence-electron chi connectivity index (χ2n) is 4.36. The number of carboxylic acids is 1. The van der Waals surface area contributed by atoms with Crippen LogP contribution >= 0.6 is 0 Å². The van der Waals surface area contributed by atoms with E-state index in [4.69, 9.17) is 5.11 Å². The van der Waals surface area contributed by atoms with Crippen molar-refractivity contribution in [1.29, 1.82) is 0 Å². The molecule has 0 saturated carbocycles. The predicted molar refractivity (Wildman–Crippen MR) is 76.0 cm³/mol. The minimum absolute atomic E-state index is 0.0841. The Labute approximate surface area is 120 Å². The van der Waals surface area contributed by atoms with Crippen LogP contribution in [0.4, 0.5) is 17.2 Å². The fraction of sp³-hybridized carbons (Fsp3) is 0.231. The van der Waals surface area contributed by atoms with E-state index in [0.717, 1.165) is 0 Å². The van der Waals surface area contributed by atoms with Crippen molar-refractivity contribution in [3.63, 3.8) is 0 Å². The summed E-state index contributed by atoms with van der Waals surface area (Å²) in [5, 5.41) is 27.0. The number of nitrogens with one attached hydrogen (secondary N) is 1. The molecule has 0 aliphatic rings. The third kappa shape index (κ3) is 2.83. The first-order valence-corrected chi connectivity index (χ1v) is 6.26. The molecule has 2 N–H and O–H groups in total. The van der Waals surface area contributed by atoms with Gasteiger partial charge in [-0.05, 0) is 38.1 Å². The molecule has 2 rings (SSSR count). The molecule has 21 heavy (non-hydrogen) atoms. The standard InChI is InChI=1S/C13H14N4O4/c1-3-16-12(11(17(20)21)8(2)15-16)14-10-6-4-9(5-7-10)13(18)19/h4-7,14H,3H2,1-2H3,(H,18,19). The molecule has 0 spiro atoms. The van der Waals surface area contributed by atoms with Gasteiger partial charge in [-0.25, -0.2) is 9.48 Å². The van der Waals surface area contributed by atoms with Crippen molar-refractivity contribution >= 4 is 23.2 Å². The number of carboxylic acid groups (broad SMARTS) is 1. The molecule has 2 aromatic rings. The molecule has 0 aliphatic heterocycles. The van der Waals surface area contributed by atoms with Crippen LogP contribution in [0, 0.1) is 17.0 Å². The monoisotopic (exact) mass is 290 g/mol. The van der Waals surface area contributed by atoms with E-state index >= 15 is 0 Å². The number of aromatic carboxylic acids is 1. The van der Waals surface area contributed by atoms with Gasteiger partial charge in [0.15, 0.2) is 0 Å². The minimum Gasteiger partial charge on any atom is -0.478 e. The summed E-state index contributed by atoms with van der Waals surface area (Å²) >= 11 is 0. The van der Waals surface area contributed by atoms with E-state index in [1.54, 1.807) is 19.1 Å². The Morgan fingerprint density at radius 2 is 2.05 bits per heavy atom. The molecule has 0 amide bonds. The van der Waals surface area contributed by atoms with Crippen molar-refractivity contribution in [1.82, 2.24) is 9.78 Å². The largest absolute Gasteiger partial charge is 0.478 e. The van der Waals surface area contributed by atoms with Crippen LogP contribution in [0.1, 0.15) is 23.0 Å². The lowest BCUT2D eigenvalue weighted by atomic mass is 10.2. The molecular formula is C13H14N4O4. The van der Waals surface area contributed by atoms with Crippen LogP contribution < -0.4 is 5.32 Å². The fourth-order valence-electron chi connectivity index (χ4n) is 1.98. The van der Waals surface area contributed by atoms with E-state index in [1.165, 1.54) is 16.8 Å². The van der Waals surface area contributed by atoms with Gasteiger partial charge in [0.2, 0.25) is 5.82 Å². The molecule has 8 nitrogen and oxygen atoms in total. The van der Waals surface area contributed by atoms with Crippen molar-refractivity contribution in [2.45, 2.75) is 20.4 Å². The molecule has 0 saturated heterocycles. The smallest absolute Gasteiger partial charge is 0.335 e. The lowest BCUT2D eigenvalue weighted by Crippen LogP contribution is -2.04. The number of rotatable bonds is 5. The Balaban J connectivity index is 2.38. The molecule has 0 fully saturated rings. The summed E-state index contributed by atoms with van der Waals surface area (Å²) in [5.74, 6) is -0.745. The average molecular weight is 290 g/mol. The van der Waals surface area contributed by atoms with Gasteiger partial charge in [0.25, 0.3) is 0 Å². The van der Waals surface area contributed by atoms with Crippen LogP contribution in [0.25, 0.3) is 0 Å². The van der Waals surface area contributed by atoms with Gasteiger partial charge in [-0.3, -0.25) is 10.1 Å². The summed E-state index contributed by atoms with van der Waals surface area (Å²) in [7, 11) is 0. The molecule has 8 heteroatoms. The lowest BCUT2D eigenvalue weighted by molar-refractivity contribution is -0.384. The number of hydrogen-bond donors (Lipinski definition) is 2. The minimum atomic E-state index is -1.03. The normalized spacial score (nSPS) is 10.4. The Kier molecular flexibility index (Phi) is 3.88. The lowest BCUT2D eigenvalue weighted by Gasteiger charge is -2.07. The number of nitro groups is 1. The highest BCUT2D eigenvalue weighted by molar-refractivity contribution is 5.88. The van der Waals surface area contributed by atoms with Crippen molar-refractivity contribution in [3.05, 3.63) is 45.6 Å². The number of anilines is 2. The van der Waals surface area contributed by atoms with E-state index < -0.39 is 10.9 Å². The number of nitrogens with zero attached hydrogens (tertiary/aromatic N) is 3. The van der Waals surface area contributed by atoms with Crippen LogP contribution in [0.5, 0.6) is 0 Å². The van der Waals surface area contributed by atoms with E-state index in [0.29, 0.717) is 17.9 Å². The molecule has 1 heterocycles. The number of benzene rings is 1. The summed E-state index contributed by atoms with van der Waals surface area (Å²) in [6.45, 7) is 3.88. The topological polar surface area (TPSA) is 110 Å². The van der Waals surface area contributed by atoms with Crippen molar-refractivity contribution < 1.29 is 14.8 Å². The molecule has 0 bridgehead atoms. The number of aryl methyl sites for hydroxylation is 2. The highest BCUT2D eigenvalue weighted by atomic mass is 16.6. The Bertz CT molecular complexity index is 691. The summed E-state index contributed by atoms with van der Waals surface area (Å²) in [6.07, 6.45) is 0. The summed E-state index contributed by atoms with van der Waals surface area (Å²) in [6, 6.07) is 5.96. The van der Waals surface area contributed by atoms with Crippen molar-refractivity contribution in [3.8, 4) is 0 Å². The van der Waals surface area contributed by atoms with E-state index in [1.807, 2.05) is 6.92 Å². The van der Waals surface area contributed by atoms with E-state index in [-0.39, 0.29) is 17.1 Å². The number of hydrogen-bond acceptors (Lipinski definition) is 5. The quantitative estimate of drug-likeness (QED) is 0.646. The van der Waals surface area contributed by atoms with Gasteiger partial charge in [0.1, 0.15) is 5.69 Å². The molecule has 1 aromatic carbocycles. The molecule has 1 aromatic heterocycles. The highest BCUT2D eigenvalue weighted by Gasteiger charge is 2.24. The molecule has 0 atom stereocenters. The number of aromatic nitrogens is 2. The van der Waals surface area contributed by atoms with Gasteiger partial charge in [-0.15, -0.1) is 0 Å². The predicted octanol–water partition coefficient (Wildman–Crippen LogP) is 2.56. The average Bonchev–Trinajstić information content (AvgIpc) is 2.75. The van der Waals surface area contributed by atoms with Crippen molar-refractivity contribution in [2.75, 3.05) is 5.32 Å². The molecule has 110 valence electrons. The van der Waals surface area contributed by atoms with Crippen LogP contribution in [0.2, 0.25) is 0 Å². The second kappa shape index (κ2) is 5.61. The molecule has 0 unspecified atom stereocenters. The SMILES string of the molecule is CCn1nc(C)c([N+](=O)[O-])c1Nc1ccc(C(=O)O)cc1. The zero-order valence-electron chi connectivity index (χ0n) is 11.5. The fourth-order valence-corrected chi connectivity index (χ4v) is 1.98. The van der Waals surface area contributed by atoms with E-state index in [9.17, 15) is 14.9 Å². The molecular weight excluding hydrogens is 276 g/mol. The summed E-state index contributed by atoms with van der Waals surface area (Å²) < 4.78 is 1.50. The van der Waals surface area contributed by atoms with E-state index in [2.05, 4.69) is 10.4 Å². The molecule has 0 radical (unpaired) electrons. The third-order valence-electron chi connectivity index (χ3n) is 2.97. The summed E-state index contributed by atoms with van der Waals surface area (Å²) in [5.41, 5.74) is 0.943. The maximum Gasteiger partial charge on any atom is 0.335 e.